The Bertz CT molecular complexity index is 1200. The molecule has 136 valence electrons. The van der Waals surface area contributed by atoms with Crippen molar-refractivity contribution >= 4 is 53.7 Å². The fourth-order valence-electron chi connectivity index (χ4n) is 2.65. The van der Waals surface area contributed by atoms with Gasteiger partial charge in [-0.05, 0) is 29.9 Å². The van der Waals surface area contributed by atoms with Crippen LogP contribution in [0.15, 0.2) is 54.9 Å². The summed E-state index contributed by atoms with van der Waals surface area (Å²) in [6.45, 7) is 0. The van der Waals surface area contributed by atoms with Crippen molar-refractivity contribution in [2.45, 2.75) is 0 Å². The quantitative estimate of drug-likeness (QED) is 0.522. The summed E-state index contributed by atoms with van der Waals surface area (Å²) >= 11 is 6.12. The lowest BCUT2D eigenvalue weighted by molar-refractivity contribution is 0.102. The average molecular weight is 393 g/mol. The molecule has 0 aliphatic heterocycles. The lowest BCUT2D eigenvalue weighted by atomic mass is 10.0. The molecule has 2 N–H and O–H groups in total. The molecule has 4 heterocycles. The van der Waals surface area contributed by atoms with Crippen molar-refractivity contribution in [1.29, 1.82) is 0 Å². The Labute approximate surface area is 165 Å². The maximum Gasteiger partial charge on any atom is 0.274 e. The Hall–Kier alpha value is -3.46. The van der Waals surface area contributed by atoms with Crippen LogP contribution in [0.2, 0.25) is 5.15 Å². The predicted molar refractivity (Wildman–Crippen MR) is 105 cm³/mol. The molecule has 4 aromatic heterocycles. The fourth-order valence-corrected chi connectivity index (χ4v) is 2.84. The van der Waals surface area contributed by atoms with Crippen molar-refractivity contribution in [2.75, 3.05) is 10.6 Å². The van der Waals surface area contributed by atoms with Crippen LogP contribution in [0.4, 0.5) is 21.6 Å². The number of fused-ring (bicyclic) bond motifs is 1. The predicted octanol–water partition coefficient (Wildman–Crippen LogP) is 2.71. The van der Waals surface area contributed by atoms with Crippen molar-refractivity contribution in [2.24, 2.45) is 0 Å². The number of amides is 1. The highest BCUT2D eigenvalue weighted by atomic mass is 35.5. The second-order valence-electron chi connectivity index (χ2n) is 5.78. The minimum Gasteiger partial charge on any atom is -0.338 e. The first-order valence-electron chi connectivity index (χ1n) is 8.10. The zero-order valence-corrected chi connectivity index (χ0v) is 15.0. The smallest absolute Gasteiger partial charge is 0.274 e. The van der Waals surface area contributed by atoms with E-state index >= 15 is 0 Å². The van der Waals surface area contributed by atoms with Crippen LogP contribution >= 0.6 is 11.6 Å². The van der Waals surface area contributed by atoms with Gasteiger partial charge in [0.05, 0.1) is 23.1 Å². The van der Waals surface area contributed by atoms with Crippen molar-refractivity contribution < 1.29 is 9.18 Å². The molecular formula is C18H11BClFN6O. The zero-order chi connectivity index (χ0) is 19.7. The Balaban J connectivity index is 1.71. The van der Waals surface area contributed by atoms with E-state index in [-0.39, 0.29) is 16.5 Å². The van der Waals surface area contributed by atoms with Crippen molar-refractivity contribution in [1.82, 2.24) is 19.6 Å². The number of nitrogens with zero attached hydrogens (tertiary/aromatic N) is 4. The number of nitrogens with one attached hydrogen (secondary N) is 2. The minimum absolute atomic E-state index is 0.0132. The van der Waals surface area contributed by atoms with Crippen molar-refractivity contribution in [3.8, 4) is 0 Å². The first-order valence-corrected chi connectivity index (χ1v) is 8.48. The molecular weight excluding hydrogens is 382 g/mol. The molecule has 0 unspecified atom stereocenters. The van der Waals surface area contributed by atoms with Gasteiger partial charge >= 0.3 is 0 Å². The fraction of sp³-hybridized carbons (Fsp3) is 0. The molecule has 1 amide bonds. The second kappa shape index (κ2) is 7.28. The number of carbonyl (C=O) groups excluding carboxylic acids is 1. The third kappa shape index (κ3) is 3.52. The molecule has 0 spiro atoms. The van der Waals surface area contributed by atoms with Gasteiger partial charge in [0.25, 0.3) is 5.91 Å². The molecule has 0 atom stereocenters. The van der Waals surface area contributed by atoms with E-state index in [9.17, 15) is 9.18 Å². The number of halogens is 2. The van der Waals surface area contributed by atoms with E-state index in [0.29, 0.717) is 22.6 Å². The highest BCUT2D eigenvalue weighted by Crippen LogP contribution is 2.25. The van der Waals surface area contributed by atoms with Crippen molar-refractivity contribution in [3.63, 3.8) is 0 Å². The summed E-state index contributed by atoms with van der Waals surface area (Å²) in [6, 6.07) is 11.4. The van der Waals surface area contributed by atoms with Gasteiger partial charge in [0.1, 0.15) is 19.4 Å². The number of rotatable bonds is 4. The summed E-state index contributed by atoms with van der Waals surface area (Å²) in [7, 11) is 5.70. The molecule has 0 aliphatic carbocycles. The number of anilines is 3. The molecule has 0 saturated heterocycles. The molecule has 0 saturated carbocycles. The van der Waals surface area contributed by atoms with E-state index in [4.69, 9.17) is 19.4 Å². The van der Waals surface area contributed by atoms with Crippen LogP contribution in [0.5, 0.6) is 0 Å². The van der Waals surface area contributed by atoms with Crippen molar-refractivity contribution in [3.05, 3.63) is 71.5 Å². The Morgan fingerprint density at radius 1 is 1.18 bits per heavy atom. The van der Waals surface area contributed by atoms with Crippen LogP contribution in [-0.4, -0.2) is 33.3 Å². The third-order valence-corrected chi connectivity index (χ3v) is 4.06. The van der Waals surface area contributed by atoms with E-state index in [2.05, 4.69) is 25.7 Å². The molecule has 10 heteroatoms. The van der Waals surface area contributed by atoms with Gasteiger partial charge in [-0.3, -0.25) is 9.78 Å². The van der Waals surface area contributed by atoms with Gasteiger partial charge in [-0.2, -0.15) is 5.10 Å². The summed E-state index contributed by atoms with van der Waals surface area (Å²) in [5, 5.41) is 9.92. The van der Waals surface area contributed by atoms with Gasteiger partial charge in [0, 0.05) is 12.3 Å². The summed E-state index contributed by atoms with van der Waals surface area (Å²) in [5.41, 5.74) is 1.70. The largest absolute Gasteiger partial charge is 0.338 e. The molecule has 2 radical (unpaired) electrons. The molecule has 4 aromatic rings. The summed E-state index contributed by atoms with van der Waals surface area (Å²) in [5.74, 6) is -0.680. The highest BCUT2D eigenvalue weighted by Gasteiger charge is 2.17. The van der Waals surface area contributed by atoms with Gasteiger partial charge in [0.2, 0.25) is 0 Å². The van der Waals surface area contributed by atoms with Gasteiger partial charge in [0.15, 0.2) is 11.0 Å². The first-order chi connectivity index (χ1) is 13.5. The van der Waals surface area contributed by atoms with Gasteiger partial charge < -0.3 is 10.6 Å². The van der Waals surface area contributed by atoms with Crippen LogP contribution in [0, 0.1) is 5.82 Å². The zero-order valence-electron chi connectivity index (χ0n) is 14.2. The highest BCUT2D eigenvalue weighted by molar-refractivity contribution is 6.30. The third-order valence-electron chi connectivity index (χ3n) is 3.88. The van der Waals surface area contributed by atoms with Crippen LogP contribution in [-0.2, 0) is 0 Å². The summed E-state index contributed by atoms with van der Waals surface area (Å²) in [4.78, 5) is 20.4. The van der Waals surface area contributed by atoms with Gasteiger partial charge in [-0.15, -0.1) is 0 Å². The number of hydrogen-bond acceptors (Lipinski definition) is 5. The summed E-state index contributed by atoms with van der Waals surface area (Å²) in [6.07, 6.45) is 2.40. The first kappa shape index (κ1) is 17.9. The van der Waals surface area contributed by atoms with Gasteiger partial charge in [-0.25, -0.2) is 13.9 Å². The standard InChI is InChI=1S/C18H11BClFN6O/c19-15-2-1-3-17(25-15)23-12-8-16(20)26-27-13(12)4-5-14(27)18(28)24-11-6-7-22-9-10(11)21/h1-9H,(H,23,25)(H,22,24,28). The lowest BCUT2D eigenvalue weighted by Gasteiger charge is -2.10. The molecule has 0 aliphatic rings. The van der Waals surface area contributed by atoms with E-state index < -0.39 is 11.7 Å². The molecule has 4 rings (SSSR count). The molecule has 0 fully saturated rings. The van der Waals surface area contributed by atoms with E-state index in [1.807, 2.05) is 0 Å². The molecule has 0 bridgehead atoms. The SMILES string of the molecule is [B]c1cccc(Nc2cc(Cl)nn3c(C(=O)Nc4ccncc4F)ccc23)n1. The topological polar surface area (TPSA) is 84.2 Å². The maximum absolute atomic E-state index is 13.8. The minimum atomic E-state index is -0.641. The normalized spacial score (nSPS) is 10.8. The number of pyridine rings is 2. The summed E-state index contributed by atoms with van der Waals surface area (Å²) < 4.78 is 15.1. The molecule has 28 heavy (non-hydrogen) atoms. The molecule has 0 aromatic carbocycles. The second-order valence-corrected chi connectivity index (χ2v) is 6.17. The monoisotopic (exact) mass is 392 g/mol. The van der Waals surface area contributed by atoms with Gasteiger partial charge in [-0.1, -0.05) is 23.7 Å². The van der Waals surface area contributed by atoms with E-state index in [0.717, 1.165) is 6.20 Å². The molecule has 7 nitrogen and oxygen atoms in total. The number of hydrogen-bond donors (Lipinski definition) is 2. The van der Waals surface area contributed by atoms with Crippen LogP contribution in [0.1, 0.15) is 10.5 Å². The lowest BCUT2D eigenvalue weighted by Crippen LogP contribution is -2.16. The Kier molecular flexibility index (Phi) is 4.66. The van der Waals surface area contributed by atoms with Crippen LogP contribution in [0.25, 0.3) is 5.52 Å². The average Bonchev–Trinajstić information content (AvgIpc) is 3.07. The maximum atomic E-state index is 13.8. The number of aromatic nitrogens is 4. The van der Waals surface area contributed by atoms with E-state index in [1.54, 1.807) is 36.4 Å². The van der Waals surface area contributed by atoms with Crippen LogP contribution < -0.4 is 16.2 Å². The Morgan fingerprint density at radius 3 is 2.82 bits per heavy atom. The Morgan fingerprint density at radius 2 is 2.04 bits per heavy atom. The van der Waals surface area contributed by atoms with E-state index in [1.165, 1.54) is 16.8 Å². The number of carbonyl (C=O) groups is 1. The van der Waals surface area contributed by atoms with Crippen LogP contribution in [0.3, 0.4) is 0 Å².